The van der Waals surface area contributed by atoms with Crippen LogP contribution in [-0.2, 0) is 4.74 Å². The quantitative estimate of drug-likeness (QED) is 0.568. The highest BCUT2D eigenvalue weighted by atomic mass is 16.5. The van der Waals surface area contributed by atoms with E-state index in [1.165, 1.54) is 6.42 Å². The Morgan fingerprint density at radius 1 is 1.56 bits per heavy atom. The van der Waals surface area contributed by atoms with Crippen LogP contribution in [0.4, 0.5) is 0 Å². The van der Waals surface area contributed by atoms with Crippen LogP contribution in [0.15, 0.2) is 0 Å². The fraction of sp³-hybridized carbons (Fsp3) is 1.00. The third-order valence-corrected chi connectivity index (χ3v) is 1.80. The zero-order chi connectivity index (χ0) is 6.69. The molecule has 1 rings (SSSR count). The van der Waals surface area contributed by atoms with Crippen LogP contribution < -0.4 is 0 Å². The molecule has 2 atom stereocenters. The molecule has 0 aromatic heterocycles. The van der Waals surface area contributed by atoms with Crippen molar-refractivity contribution in [3.63, 3.8) is 0 Å². The lowest BCUT2D eigenvalue weighted by Crippen LogP contribution is -2.26. The second kappa shape index (κ2) is 3.18. The summed E-state index contributed by atoms with van der Waals surface area (Å²) in [5.41, 5.74) is 0. The lowest BCUT2D eigenvalue weighted by Gasteiger charge is -2.24. The van der Waals surface area contributed by atoms with Crippen molar-refractivity contribution in [3.05, 3.63) is 0 Å². The standard InChI is InChI=1S/C7H14O2/c1-6-2-3-7(4-8)9-5-6/h6-8H,2-5H2,1H3/t6-,7-/m0/s1. The molecule has 1 fully saturated rings. The lowest BCUT2D eigenvalue weighted by atomic mass is 10.0. The van der Waals surface area contributed by atoms with Crippen LogP contribution in [0, 0.1) is 5.92 Å². The van der Waals surface area contributed by atoms with Crippen molar-refractivity contribution in [2.45, 2.75) is 25.9 Å². The molecule has 1 aliphatic heterocycles. The van der Waals surface area contributed by atoms with Crippen molar-refractivity contribution < 1.29 is 9.84 Å². The fourth-order valence-corrected chi connectivity index (χ4v) is 1.08. The van der Waals surface area contributed by atoms with Gasteiger partial charge in [0.25, 0.3) is 0 Å². The van der Waals surface area contributed by atoms with E-state index in [1.54, 1.807) is 0 Å². The minimum atomic E-state index is 0.126. The van der Waals surface area contributed by atoms with Crippen LogP contribution >= 0.6 is 0 Å². The van der Waals surface area contributed by atoms with Gasteiger partial charge in [-0.2, -0.15) is 0 Å². The van der Waals surface area contributed by atoms with E-state index in [-0.39, 0.29) is 12.7 Å². The molecule has 0 amide bonds. The second-order valence-electron chi connectivity index (χ2n) is 2.82. The second-order valence-corrected chi connectivity index (χ2v) is 2.82. The zero-order valence-corrected chi connectivity index (χ0v) is 5.84. The summed E-state index contributed by atoms with van der Waals surface area (Å²) in [6, 6.07) is 0. The van der Waals surface area contributed by atoms with Gasteiger partial charge in [0.15, 0.2) is 0 Å². The van der Waals surface area contributed by atoms with Gasteiger partial charge in [-0.25, -0.2) is 0 Å². The van der Waals surface area contributed by atoms with Gasteiger partial charge in [-0.1, -0.05) is 6.92 Å². The van der Waals surface area contributed by atoms with Crippen molar-refractivity contribution >= 4 is 0 Å². The molecule has 1 aliphatic rings. The van der Waals surface area contributed by atoms with Gasteiger partial charge in [0, 0.05) is 6.61 Å². The SMILES string of the molecule is C[C@H]1CC[C@@H](CO)OC1. The molecular formula is C7H14O2. The minimum Gasteiger partial charge on any atom is -0.394 e. The first-order valence-corrected chi connectivity index (χ1v) is 3.55. The van der Waals surface area contributed by atoms with Crippen molar-refractivity contribution in [2.75, 3.05) is 13.2 Å². The number of hydrogen-bond acceptors (Lipinski definition) is 2. The summed E-state index contributed by atoms with van der Waals surface area (Å²) in [6.07, 6.45) is 2.35. The Balaban J connectivity index is 2.18. The van der Waals surface area contributed by atoms with Crippen LogP contribution in [-0.4, -0.2) is 24.4 Å². The minimum absolute atomic E-state index is 0.126. The molecule has 2 nitrogen and oxygen atoms in total. The Bertz CT molecular complexity index is 75.0. The van der Waals surface area contributed by atoms with Crippen LogP contribution in [0.1, 0.15) is 19.8 Å². The van der Waals surface area contributed by atoms with Crippen molar-refractivity contribution in [1.82, 2.24) is 0 Å². The monoisotopic (exact) mass is 130 g/mol. The Morgan fingerprint density at radius 2 is 2.33 bits per heavy atom. The van der Waals surface area contributed by atoms with E-state index in [0.717, 1.165) is 13.0 Å². The Labute approximate surface area is 55.8 Å². The normalized spacial score (nSPS) is 36.7. The molecule has 2 heteroatoms. The first kappa shape index (κ1) is 7.03. The van der Waals surface area contributed by atoms with Gasteiger partial charge in [-0.15, -0.1) is 0 Å². The maximum atomic E-state index is 8.65. The summed E-state index contributed by atoms with van der Waals surface area (Å²) in [6.45, 7) is 3.19. The van der Waals surface area contributed by atoms with E-state index >= 15 is 0 Å². The third-order valence-electron chi connectivity index (χ3n) is 1.80. The van der Waals surface area contributed by atoms with E-state index in [9.17, 15) is 0 Å². The van der Waals surface area contributed by atoms with Crippen LogP contribution in [0.25, 0.3) is 0 Å². The highest BCUT2D eigenvalue weighted by Gasteiger charge is 2.16. The zero-order valence-electron chi connectivity index (χ0n) is 5.84. The summed E-state index contributed by atoms with van der Waals surface area (Å²) in [5, 5.41) is 8.65. The van der Waals surface area contributed by atoms with Gasteiger partial charge < -0.3 is 9.84 Å². The Hall–Kier alpha value is -0.0800. The van der Waals surface area contributed by atoms with Crippen LogP contribution in [0.3, 0.4) is 0 Å². The largest absolute Gasteiger partial charge is 0.394 e. The predicted octanol–water partition coefficient (Wildman–Crippen LogP) is 0.794. The lowest BCUT2D eigenvalue weighted by molar-refractivity contribution is -0.0386. The summed E-state index contributed by atoms with van der Waals surface area (Å²) >= 11 is 0. The number of ether oxygens (including phenoxy) is 1. The van der Waals surface area contributed by atoms with E-state index in [2.05, 4.69) is 6.92 Å². The topological polar surface area (TPSA) is 29.5 Å². The number of aliphatic hydroxyl groups is 1. The number of aliphatic hydroxyl groups excluding tert-OH is 1. The van der Waals surface area contributed by atoms with Gasteiger partial charge in [0.2, 0.25) is 0 Å². The maximum absolute atomic E-state index is 8.65. The van der Waals surface area contributed by atoms with Crippen molar-refractivity contribution in [3.8, 4) is 0 Å². The molecule has 0 unspecified atom stereocenters. The van der Waals surface area contributed by atoms with E-state index in [0.29, 0.717) is 5.92 Å². The van der Waals surface area contributed by atoms with Crippen molar-refractivity contribution in [2.24, 2.45) is 5.92 Å². The molecule has 0 radical (unpaired) electrons. The fourth-order valence-electron chi connectivity index (χ4n) is 1.08. The van der Waals surface area contributed by atoms with Crippen LogP contribution in [0.5, 0.6) is 0 Å². The van der Waals surface area contributed by atoms with Gasteiger partial charge >= 0.3 is 0 Å². The molecule has 54 valence electrons. The predicted molar refractivity (Wildman–Crippen MR) is 35.2 cm³/mol. The smallest absolute Gasteiger partial charge is 0.0806 e. The molecule has 0 saturated carbocycles. The maximum Gasteiger partial charge on any atom is 0.0806 e. The van der Waals surface area contributed by atoms with Gasteiger partial charge in [-0.05, 0) is 18.8 Å². The molecule has 0 bridgehead atoms. The van der Waals surface area contributed by atoms with E-state index in [4.69, 9.17) is 9.84 Å². The molecular weight excluding hydrogens is 116 g/mol. The molecule has 0 spiro atoms. The van der Waals surface area contributed by atoms with Gasteiger partial charge in [0.1, 0.15) is 0 Å². The van der Waals surface area contributed by atoms with Crippen molar-refractivity contribution in [1.29, 1.82) is 0 Å². The molecule has 0 aliphatic carbocycles. The molecule has 1 N–H and O–H groups in total. The average Bonchev–Trinajstić information content (AvgIpc) is 1.90. The molecule has 0 aromatic carbocycles. The summed E-state index contributed by atoms with van der Waals surface area (Å²) in [5.74, 6) is 0.688. The highest BCUT2D eigenvalue weighted by molar-refractivity contribution is 4.65. The number of hydrogen-bond donors (Lipinski definition) is 1. The van der Waals surface area contributed by atoms with Gasteiger partial charge in [0.05, 0.1) is 12.7 Å². The summed E-state index contributed by atoms with van der Waals surface area (Å²) in [7, 11) is 0. The van der Waals surface area contributed by atoms with Gasteiger partial charge in [-0.3, -0.25) is 0 Å². The average molecular weight is 130 g/mol. The third kappa shape index (κ3) is 1.95. The van der Waals surface area contributed by atoms with E-state index < -0.39 is 0 Å². The molecule has 1 heterocycles. The first-order chi connectivity index (χ1) is 4.33. The Kier molecular flexibility index (Phi) is 2.49. The van der Waals surface area contributed by atoms with Crippen LogP contribution in [0.2, 0.25) is 0 Å². The van der Waals surface area contributed by atoms with E-state index in [1.807, 2.05) is 0 Å². The summed E-state index contributed by atoms with van der Waals surface area (Å²) in [4.78, 5) is 0. The molecule has 1 saturated heterocycles. The highest BCUT2D eigenvalue weighted by Crippen LogP contribution is 2.17. The Morgan fingerprint density at radius 3 is 2.78 bits per heavy atom. The molecule has 0 aromatic rings. The number of rotatable bonds is 1. The first-order valence-electron chi connectivity index (χ1n) is 3.55. The summed E-state index contributed by atoms with van der Waals surface area (Å²) < 4.78 is 5.29. The molecule has 9 heavy (non-hydrogen) atoms.